The Labute approximate surface area is 44.2 Å². The molecule has 0 bridgehead atoms. The van der Waals surface area contributed by atoms with Gasteiger partial charge in [-0.2, -0.15) is 0 Å². The zero-order chi connectivity index (χ0) is 5.28. The molecule has 0 aromatic carbocycles. The first-order valence-electron chi connectivity index (χ1n) is 2.20. The van der Waals surface area contributed by atoms with Crippen LogP contribution >= 0.6 is 0 Å². The number of allylic oxidation sites excluding steroid dienone is 2. The molecule has 1 atom stereocenters. The van der Waals surface area contributed by atoms with Gasteiger partial charge in [-0.1, -0.05) is 11.8 Å². The Balaban J connectivity index is 2.69. The van der Waals surface area contributed by atoms with Crippen LogP contribution < -0.4 is 11.1 Å². The minimum Gasteiger partial charge on any atom is -0.404 e. The van der Waals surface area contributed by atoms with Crippen LogP contribution in [-0.4, -0.2) is 8.96 Å². The van der Waals surface area contributed by atoms with E-state index in [-0.39, 0.29) is 0 Å². The molecule has 0 aromatic rings. The summed E-state index contributed by atoms with van der Waals surface area (Å²) in [4.78, 5) is 0. The summed E-state index contributed by atoms with van der Waals surface area (Å²) in [5.41, 5.74) is 7.41. The van der Waals surface area contributed by atoms with E-state index in [2.05, 4.69) is 0 Å². The Hall–Kier alpha value is -0.543. The molecule has 4 N–H and O–H groups in total. The molecule has 0 saturated heterocycles. The summed E-state index contributed by atoms with van der Waals surface area (Å²) in [5, 5.41) is 6.43. The second kappa shape index (κ2) is 1.52. The van der Waals surface area contributed by atoms with E-state index in [0.717, 1.165) is 5.32 Å². The lowest BCUT2D eigenvalue weighted by Gasteiger charge is -1.94. The Kier molecular flexibility index (Phi) is 0.999. The maximum atomic E-state index is 5.54. The van der Waals surface area contributed by atoms with Crippen LogP contribution in [0.25, 0.3) is 0 Å². The molecule has 3 heteroatoms. The summed E-state index contributed by atoms with van der Waals surface area (Å²) in [6.45, 7) is 0. The Morgan fingerprint density at radius 1 is 1.57 bits per heavy atom. The first-order chi connectivity index (χ1) is 3.30. The Bertz CT molecular complexity index is 128. The third-order valence-corrected chi connectivity index (χ3v) is 2.59. The van der Waals surface area contributed by atoms with E-state index in [4.69, 9.17) is 11.1 Å². The van der Waals surface area contributed by atoms with Crippen molar-refractivity contribution in [3.8, 4) is 0 Å². The third kappa shape index (κ3) is 0.729. The van der Waals surface area contributed by atoms with Gasteiger partial charge < -0.3 is 11.1 Å². The summed E-state index contributed by atoms with van der Waals surface area (Å²) in [6.07, 6.45) is 3.79. The molecule has 1 rings (SSSR count). The highest BCUT2D eigenvalue weighted by molar-refractivity contribution is 6.69. The zero-order valence-corrected chi connectivity index (χ0v) is 5.12. The van der Waals surface area contributed by atoms with Crippen molar-refractivity contribution in [1.29, 1.82) is 0 Å². The average Bonchev–Trinajstić information content (AvgIpc) is 1.91. The van der Waals surface area contributed by atoms with Gasteiger partial charge in [0.25, 0.3) is 0 Å². The van der Waals surface area contributed by atoms with Crippen LogP contribution in [0.5, 0.6) is 0 Å². The molecular formula is C4H8N2Si. The molecule has 1 unspecified atom stereocenters. The molecule has 0 aliphatic carbocycles. The van der Waals surface area contributed by atoms with E-state index < -0.39 is 8.96 Å². The van der Waals surface area contributed by atoms with Crippen molar-refractivity contribution in [2.24, 2.45) is 11.1 Å². The van der Waals surface area contributed by atoms with Gasteiger partial charge in [0.05, 0.1) is 0 Å². The largest absolute Gasteiger partial charge is 0.404 e. The molecule has 1 heterocycles. The summed E-state index contributed by atoms with van der Waals surface area (Å²) < 4.78 is 0. The maximum absolute atomic E-state index is 5.54. The predicted octanol–water partition coefficient (Wildman–Crippen LogP) is -0.840. The summed E-state index contributed by atoms with van der Waals surface area (Å²) in [5.74, 6) is 0. The molecule has 7 heavy (non-hydrogen) atoms. The van der Waals surface area contributed by atoms with Gasteiger partial charge in [0.15, 0.2) is 8.96 Å². The van der Waals surface area contributed by atoms with Crippen LogP contribution in [-0.2, 0) is 0 Å². The first-order valence-corrected chi connectivity index (χ1v) is 4.11. The Morgan fingerprint density at radius 3 is 2.43 bits per heavy atom. The van der Waals surface area contributed by atoms with Crippen molar-refractivity contribution in [2.45, 2.75) is 0 Å². The monoisotopic (exact) mass is 112 g/mol. The van der Waals surface area contributed by atoms with Gasteiger partial charge in [-0.05, 0) is 6.08 Å². The molecular weight excluding hydrogens is 104 g/mol. The van der Waals surface area contributed by atoms with Gasteiger partial charge in [-0.15, -0.1) is 0 Å². The molecule has 38 valence electrons. The lowest BCUT2D eigenvalue weighted by atomic mass is 10.6. The molecule has 2 nitrogen and oxygen atoms in total. The van der Waals surface area contributed by atoms with Crippen molar-refractivity contribution >= 4 is 8.96 Å². The number of rotatable bonds is 0. The van der Waals surface area contributed by atoms with Gasteiger partial charge in [-0.3, -0.25) is 0 Å². The Morgan fingerprint density at radius 2 is 2.29 bits per heavy atom. The predicted molar refractivity (Wildman–Crippen MR) is 32.7 cm³/mol. The highest BCUT2D eigenvalue weighted by Crippen LogP contribution is 1.96. The van der Waals surface area contributed by atoms with Crippen LogP contribution in [0, 0.1) is 0 Å². The fourth-order valence-corrected chi connectivity index (χ4v) is 1.41. The standard InChI is InChI=1S/C4H8N2Si/c5-4-2-1-3-7(4)6/h1-3,7H,5-6H2. The molecule has 1 aliphatic rings. The van der Waals surface area contributed by atoms with E-state index in [9.17, 15) is 0 Å². The second-order valence-electron chi connectivity index (χ2n) is 1.58. The van der Waals surface area contributed by atoms with Crippen molar-refractivity contribution in [1.82, 2.24) is 0 Å². The highest BCUT2D eigenvalue weighted by Gasteiger charge is 2.05. The van der Waals surface area contributed by atoms with Gasteiger partial charge in [0.1, 0.15) is 0 Å². The smallest absolute Gasteiger partial charge is 0.181 e. The molecule has 0 amide bonds. The molecule has 0 saturated carbocycles. The van der Waals surface area contributed by atoms with Gasteiger partial charge in [0, 0.05) is 5.32 Å². The zero-order valence-electron chi connectivity index (χ0n) is 3.96. The minimum atomic E-state index is -1.19. The third-order valence-electron chi connectivity index (χ3n) is 0.992. The van der Waals surface area contributed by atoms with E-state index in [1.807, 2.05) is 17.9 Å². The molecule has 0 fully saturated rings. The first kappa shape index (κ1) is 4.61. The number of nitrogens with two attached hydrogens (primary N) is 2. The van der Waals surface area contributed by atoms with Crippen molar-refractivity contribution in [3.63, 3.8) is 0 Å². The average molecular weight is 112 g/mol. The van der Waals surface area contributed by atoms with E-state index in [1.165, 1.54) is 0 Å². The quantitative estimate of drug-likeness (QED) is 0.401. The second-order valence-corrected chi connectivity index (χ2v) is 3.68. The number of hydrogen-bond acceptors (Lipinski definition) is 2. The summed E-state index contributed by atoms with van der Waals surface area (Å²) >= 11 is 0. The van der Waals surface area contributed by atoms with Crippen LogP contribution in [0.4, 0.5) is 0 Å². The fraction of sp³-hybridized carbons (Fsp3) is 0. The fourth-order valence-electron chi connectivity index (χ4n) is 0.509. The summed E-state index contributed by atoms with van der Waals surface area (Å²) in [6, 6.07) is 0. The SMILES string of the molecule is NC1=CC=C[SiH]1N. The molecule has 0 radical (unpaired) electrons. The molecule has 0 spiro atoms. The summed E-state index contributed by atoms with van der Waals surface area (Å²) in [7, 11) is -1.19. The van der Waals surface area contributed by atoms with Crippen LogP contribution in [0.3, 0.4) is 0 Å². The maximum Gasteiger partial charge on any atom is 0.181 e. The van der Waals surface area contributed by atoms with E-state index in [1.54, 1.807) is 0 Å². The minimum absolute atomic E-state index is 0.889. The van der Waals surface area contributed by atoms with Gasteiger partial charge >= 0.3 is 0 Å². The lowest BCUT2D eigenvalue weighted by Crippen LogP contribution is -2.28. The van der Waals surface area contributed by atoms with Crippen molar-refractivity contribution in [3.05, 3.63) is 23.2 Å². The molecule has 1 aliphatic heterocycles. The number of hydrogen-bond donors (Lipinski definition) is 2. The van der Waals surface area contributed by atoms with E-state index in [0.29, 0.717) is 0 Å². The van der Waals surface area contributed by atoms with Gasteiger partial charge in [-0.25, -0.2) is 0 Å². The van der Waals surface area contributed by atoms with Crippen molar-refractivity contribution in [2.75, 3.05) is 0 Å². The van der Waals surface area contributed by atoms with Crippen LogP contribution in [0.2, 0.25) is 0 Å². The van der Waals surface area contributed by atoms with Crippen LogP contribution in [0.1, 0.15) is 0 Å². The van der Waals surface area contributed by atoms with Gasteiger partial charge in [0.2, 0.25) is 0 Å². The molecule has 0 aromatic heterocycles. The lowest BCUT2D eigenvalue weighted by molar-refractivity contribution is 1.50. The highest BCUT2D eigenvalue weighted by atomic mass is 28.3. The van der Waals surface area contributed by atoms with E-state index >= 15 is 0 Å². The topological polar surface area (TPSA) is 52.0 Å². The van der Waals surface area contributed by atoms with Crippen molar-refractivity contribution < 1.29 is 0 Å². The van der Waals surface area contributed by atoms with Crippen LogP contribution in [0.15, 0.2) is 23.2 Å². The normalized spacial score (nSPS) is 28.1.